The fourth-order valence-electron chi connectivity index (χ4n) is 2.43. The van der Waals surface area contributed by atoms with E-state index in [0.29, 0.717) is 11.5 Å². The van der Waals surface area contributed by atoms with Crippen molar-refractivity contribution in [2.24, 2.45) is 0 Å². The molecule has 108 valence electrons. The van der Waals surface area contributed by atoms with Gasteiger partial charge >= 0.3 is 0 Å². The summed E-state index contributed by atoms with van der Waals surface area (Å²) in [6.07, 6.45) is 0. The van der Waals surface area contributed by atoms with E-state index in [-0.39, 0.29) is 11.2 Å². The Morgan fingerprint density at radius 2 is 2.05 bits per heavy atom. The van der Waals surface area contributed by atoms with Crippen LogP contribution in [0.15, 0.2) is 40.9 Å². The number of aryl methyl sites for hydroxylation is 1. The van der Waals surface area contributed by atoms with Gasteiger partial charge in [0.25, 0.3) is 0 Å². The molecule has 1 aromatic heterocycles. The smallest absolute Gasteiger partial charge is 0.147 e. The van der Waals surface area contributed by atoms with Gasteiger partial charge in [0.05, 0.1) is 22.1 Å². The first-order chi connectivity index (χ1) is 9.99. The van der Waals surface area contributed by atoms with E-state index in [2.05, 4.69) is 20.9 Å². The van der Waals surface area contributed by atoms with Crippen molar-refractivity contribution in [1.29, 1.82) is 0 Å². The molecule has 0 aliphatic carbocycles. The fourth-order valence-corrected chi connectivity index (χ4v) is 2.93. The van der Waals surface area contributed by atoms with Crippen LogP contribution in [0.4, 0.5) is 4.39 Å². The highest BCUT2D eigenvalue weighted by Crippen LogP contribution is 2.31. The molecule has 2 nitrogen and oxygen atoms in total. The topological polar surface area (TPSA) is 17.8 Å². The second kappa shape index (κ2) is 5.43. The molecule has 2 aromatic carbocycles. The van der Waals surface area contributed by atoms with Crippen LogP contribution in [0.1, 0.15) is 23.7 Å². The number of nitrogens with zero attached hydrogens (tertiary/aromatic N) is 2. The van der Waals surface area contributed by atoms with Crippen molar-refractivity contribution in [3.8, 4) is 5.69 Å². The molecule has 0 aliphatic heterocycles. The van der Waals surface area contributed by atoms with Crippen LogP contribution in [0, 0.1) is 12.7 Å². The molecular formula is C16H13BrClFN2. The third-order valence-corrected chi connectivity index (χ3v) is 4.11. The molecule has 0 radical (unpaired) electrons. The lowest BCUT2D eigenvalue weighted by atomic mass is 10.2. The van der Waals surface area contributed by atoms with Crippen LogP contribution in [0.2, 0.25) is 0 Å². The van der Waals surface area contributed by atoms with Gasteiger partial charge in [-0.1, -0.05) is 28.1 Å². The number of benzene rings is 2. The maximum absolute atomic E-state index is 14.3. The van der Waals surface area contributed by atoms with Crippen molar-refractivity contribution in [3.05, 3.63) is 58.1 Å². The molecule has 0 saturated carbocycles. The van der Waals surface area contributed by atoms with E-state index in [1.54, 1.807) is 16.7 Å². The first-order valence-corrected chi connectivity index (χ1v) is 7.79. The lowest BCUT2D eigenvalue weighted by Crippen LogP contribution is -2.04. The number of hydrogen-bond donors (Lipinski definition) is 0. The second-order valence-electron chi connectivity index (χ2n) is 4.96. The molecule has 1 heterocycles. The number of alkyl halides is 1. The Bertz CT molecular complexity index is 827. The molecule has 1 atom stereocenters. The first-order valence-electron chi connectivity index (χ1n) is 6.56. The van der Waals surface area contributed by atoms with E-state index in [1.807, 2.05) is 32.0 Å². The third kappa shape index (κ3) is 2.47. The normalized spacial score (nSPS) is 12.8. The van der Waals surface area contributed by atoms with Crippen LogP contribution in [0.3, 0.4) is 0 Å². The molecule has 0 spiro atoms. The van der Waals surface area contributed by atoms with Crippen LogP contribution in [0.5, 0.6) is 0 Å². The number of rotatable bonds is 2. The minimum absolute atomic E-state index is 0.308. The van der Waals surface area contributed by atoms with Gasteiger partial charge in [0.1, 0.15) is 11.6 Å². The average Bonchev–Trinajstić information content (AvgIpc) is 2.82. The van der Waals surface area contributed by atoms with Crippen molar-refractivity contribution in [2.45, 2.75) is 19.2 Å². The van der Waals surface area contributed by atoms with Gasteiger partial charge in [0.2, 0.25) is 0 Å². The van der Waals surface area contributed by atoms with Gasteiger partial charge in [-0.15, -0.1) is 11.6 Å². The van der Waals surface area contributed by atoms with Gasteiger partial charge in [0.15, 0.2) is 0 Å². The largest absolute Gasteiger partial charge is 0.292 e. The first kappa shape index (κ1) is 14.5. The maximum Gasteiger partial charge on any atom is 0.147 e. The van der Waals surface area contributed by atoms with Gasteiger partial charge in [-0.3, -0.25) is 4.57 Å². The van der Waals surface area contributed by atoms with Crippen molar-refractivity contribution in [3.63, 3.8) is 0 Å². The molecule has 0 fully saturated rings. The number of para-hydroxylation sites is 1. The minimum Gasteiger partial charge on any atom is -0.292 e. The molecule has 0 aliphatic rings. The van der Waals surface area contributed by atoms with Crippen LogP contribution in [0.25, 0.3) is 16.7 Å². The van der Waals surface area contributed by atoms with Gasteiger partial charge in [-0.2, -0.15) is 0 Å². The van der Waals surface area contributed by atoms with Crippen molar-refractivity contribution < 1.29 is 4.39 Å². The Labute approximate surface area is 135 Å². The zero-order chi connectivity index (χ0) is 15.1. The monoisotopic (exact) mass is 366 g/mol. The molecule has 1 unspecified atom stereocenters. The van der Waals surface area contributed by atoms with Crippen molar-refractivity contribution >= 4 is 38.6 Å². The molecule has 0 N–H and O–H groups in total. The predicted octanol–water partition coefficient (Wildman–Crippen LogP) is 5.54. The minimum atomic E-state index is -0.324. The molecule has 21 heavy (non-hydrogen) atoms. The Balaban J connectivity index is 2.42. The Hall–Kier alpha value is -1.39. The van der Waals surface area contributed by atoms with Crippen LogP contribution in [-0.2, 0) is 0 Å². The second-order valence-corrected chi connectivity index (χ2v) is 6.53. The molecular weight excluding hydrogens is 355 g/mol. The van der Waals surface area contributed by atoms with Crippen LogP contribution < -0.4 is 0 Å². The number of halogens is 3. The lowest BCUT2D eigenvalue weighted by Gasteiger charge is -2.12. The summed E-state index contributed by atoms with van der Waals surface area (Å²) in [5.74, 6) is 0.329. The van der Waals surface area contributed by atoms with E-state index in [9.17, 15) is 4.39 Å². The summed E-state index contributed by atoms with van der Waals surface area (Å²) in [5, 5.41) is -0.324. The Kier molecular flexibility index (Phi) is 3.76. The van der Waals surface area contributed by atoms with E-state index in [0.717, 1.165) is 21.1 Å². The molecule has 3 aromatic rings. The molecule has 3 rings (SSSR count). The van der Waals surface area contributed by atoms with E-state index in [1.165, 1.54) is 6.07 Å². The molecule has 0 bridgehead atoms. The summed E-state index contributed by atoms with van der Waals surface area (Å²) in [6.45, 7) is 3.82. The number of hydrogen-bond acceptors (Lipinski definition) is 1. The van der Waals surface area contributed by atoms with Crippen molar-refractivity contribution in [1.82, 2.24) is 9.55 Å². The summed E-state index contributed by atoms with van der Waals surface area (Å²) in [5.41, 5.74) is 3.19. The summed E-state index contributed by atoms with van der Waals surface area (Å²) >= 11 is 9.65. The van der Waals surface area contributed by atoms with E-state index >= 15 is 0 Å². The number of imidazole rings is 1. The zero-order valence-electron chi connectivity index (χ0n) is 11.6. The highest BCUT2D eigenvalue weighted by Gasteiger charge is 2.19. The average molecular weight is 368 g/mol. The quantitative estimate of drug-likeness (QED) is 0.544. The fraction of sp³-hybridized carbons (Fsp3) is 0.188. The summed E-state index contributed by atoms with van der Waals surface area (Å²) in [7, 11) is 0. The van der Waals surface area contributed by atoms with Crippen LogP contribution >= 0.6 is 27.5 Å². The molecule has 0 amide bonds. The predicted molar refractivity (Wildman–Crippen MR) is 87.7 cm³/mol. The lowest BCUT2D eigenvalue weighted by molar-refractivity contribution is 0.616. The van der Waals surface area contributed by atoms with E-state index < -0.39 is 0 Å². The van der Waals surface area contributed by atoms with Crippen molar-refractivity contribution in [2.75, 3.05) is 0 Å². The maximum atomic E-state index is 14.3. The summed E-state index contributed by atoms with van der Waals surface area (Å²) < 4.78 is 16.9. The Morgan fingerprint density at radius 3 is 2.76 bits per heavy atom. The van der Waals surface area contributed by atoms with Crippen LogP contribution in [-0.4, -0.2) is 9.55 Å². The molecule has 5 heteroatoms. The van der Waals surface area contributed by atoms with Gasteiger partial charge in [0, 0.05) is 4.47 Å². The van der Waals surface area contributed by atoms with Gasteiger partial charge < -0.3 is 0 Å². The summed E-state index contributed by atoms with van der Waals surface area (Å²) in [4.78, 5) is 4.61. The van der Waals surface area contributed by atoms with Gasteiger partial charge in [-0.25, -0.2) is 9.37 Å². The zero-order valence-corrected chi connectivity index (χ0v) is 13.9. The third-order valence-electron chi connectivity index (χ3n) is 3.42. The standard InChI is InChI=1S/C16H13BrClFN2/c1-9-4-3-5-13-15(9)20-16(10(2)18)21(13)14-8-11(17)6-7-12(14)19/h3-8,10H,1-2H3. The van der Waals surface area contributed by atoms with Gasteiger partial charge in [-0.05, 0) is 43.7 Å². The Morgan fingerprint density at radius 1 is 1.29 bits per heavy atom. The number of fused-ring (bicyclic) bond motifs is 1. The SMILES string of the molecule is Cc1cccc2c1nc(C(C)Cl)n2-c1cc(Br)ccc1F. The summed E-state index contributed by atoms with van der Waals surface area (Å²) in [6, 6.07) is 10.7. The molecule has 0 saturated heterocycles. The van der Waals surface area contributed by atoms with E-state index in [4.69, 9.17) is 11.6 Å². The highest BCUT2D eigenvalue weighted by atomic mass is 79.9. The highest BCUT2D eigenvalue weighted by molar-refractivity contribution is 9.10. The number of aromatic nitrogens is 2.